The Morgan fingerprint density at radius 2 is 1.82 bits per heavy atom. The highest BCUT2D eigenvalue weighted by atomic mass is 79.9. The Bertz CT molecular complexity index is 923. The number of nitro groups is 1. The summed E-state index contributed by atoms with van der Waals surface area (Å²) >= 11 is 3.32. The number of carbonyl (C=O) groups excluding carboxylic acids is 2. The topological polar surface area (TPSA) is 92.6 Å². The molecule has 0 aliphatic heterocycles. The average molecular weight is 446 g/mol. The molecule has 0 heterocycles. The predicted molar refractivity (Wildman–Crippen MR) is 111 cm³/mol. The smallest absolute Gasteiger partial charge is 0.270 e. The van der Waals surface area contributed by atoms with Crippen LogP contribution < -0.4 is 5.32 Å². The van der Waals surface area contributed by atoms with Crippen molar-refractivity contribution in [1.29, 1.82) is 0 Å². The summed E-state index contributed by atoms with van der Waals surface area (Å²) in [6, 6.07) is 12.7. The molecule has 2 aromatic carbocycles. The third-order valence-corrected chi connectivity index (χ3v) is 4.73. The largest absolute Gasteiger partial charge is 0.338 e. The summed E-state index contributed by atoms with van der Waals surface area (Å²) in [4.78, 5) is 37.6. The van der Waals surface area contributed by atoms with E-state index in [0.717, 1.165) is 0 Å². The Labute approximate surface area is 171 Å². The van der Waals surface area contributed by atoms with Gasteiger partial charge in [-0.3, -0.25) is 19.7 Å². The molecule has 28 heavy (non-hydrogen) atoms. The second kappa shape index (κ2) is 9.80. The first-order valence-electron chi connectivity index (χ1n) is 8.68. The number of non-ortho nitro benzene ring substituents is 1. The molecule has 0 aromatic heterocycles. The van der Waals surface area contributed by atoms with Gasteiger partial charge in [0.15, 0.2) is 0 Å². The first-order chi connectivity index (χ1) is 13.4. The Balaban J connectivity index is 2.43. The van der Waals surface area contributed by atoms with Crippen molar-refractivity contribution >= 4 is 39.5 Å². The van der Waals surface area contributed by atoms with Crippen molar-refractivity contribution in [1.82, 2.24) is 10.2 Å². The lowest BCUT2D eigenvalue weighted by Gasteiger charge is -2.21. The van der Waals surface area contributed by atoms with Crippen LogP contribution >= 0.6 is 15.9 Å². The lowest BCUT2D eigenvalue weighted by atomic mass is 10.1. The van der Waals surface area contributed by atoms with Crippen LogP contribution in [0.2, 0.25) is 0 Å². The number of carbonyl (C=O) groups is 2. The molecular weight excluding hydrogens is 426 g/mol. The molecule has 0 unspecified atom stereocenters. The van der Waals surface area contributed by atoms with Crippen molar-refractivity contribution in [3.63, 3.8) is 0 Å². The standard InChI is InChI=1S/C20H20BrN3O4/c1-3-23(4-2)20(26)18(13-14-8-7-9-15(12-14)24(27)28)22-19(25)16-10-5-6-11-17(16)21/h5-13H,3-4H2,1-2H3,(H,22,25). The summed E-state index contributed by atoms with van der Waals surface area (Å²) in [7, 11) is 0. The molecule has 0 atom stereocenters. The fourth-order valence-electron chi connectivity index (χ4n) is 2.56. The van der Waals surface area contributed by atoms with Crippen molar-refractivity contribution in [2.24, 2.45) is 0 Å². The predicted octanol–water partition coefficient (Wildman–Crippen LogP) is 4.00. The zero-order valence-electron chi connectivity index (χ0n) is 15.5. The molecule has 0 bridgehead atoms. The average Bonchev–Trinajstić information content (AvgIpc) is 2.68. The summed E-state index contributed by atoms with van der Waals surface area (Å²) in [5.41, 5.74) is 0.766. The quantitative estimate of drug-likeness (QED) is 0.396. The van der Waals surface area contributed by atoms with Gasteiger partial charge in [0.25, 0.3) is 17.5 Å². The van der Waals surface area contributed by atoms with Crippen molar-refractivity contribution in [3.05, 3.63) is 79.9 Å². The number of rotatable bonds is 7. The molecule has 2 amide bonds. The summed E-state index contributed by atoms with van der Waals surface area (Å²) in [6.45, 7) is 4.60. The number of amides is 2. The summed E-state index contributed by atoms with van der Waals surface area (Å²) in [5.74, 6) is -0.818. The van der Waals surface area contributed by atoms with Gasteiger partial charge in [0.05, 0.1) is 10.5 Å². The van der Waals surface area contributed by atoms with E-state index in [1.165, 1.54) is 24.3 Å². The molecule has 0 saturated heterocycles. The highest BCUT2D eigenvalue weighted by Crippen LogP contribution is 2.18. The highest BCUT2D eigenvalue weighted by molar-refractivity contribution is 9.10. The van der Waals surface area contributed by atoms with E-state index in [2.05, 4.69) is 21.2 Å². The minimum absolute atomic E-state index is 0.0463. The minimum Gasteiger partial charge on any atom is -0.338 e. The van der Waals surface area contributed by atoms with Gasteiger partial charge in [-0.1, -0.05) is 24.3 Å². The van der Waals surface area contributed by atoms with Crippen LogP contribution in [0.1, 0.15) is 29.8 Å². The van der Waals surface area contributed by atoms with Crippen molar-refractivity contribution < 1.29 is 14.5 Å². The zero-order valence-corrected chi connectivity index (χ0v) is 17.1. The first kappa shape index (κ1) is 21.3. The van der Waals surface area contributed by atoms with Crippen LogP contribution in [-0.4, -0.2) is 34.7 Å². The monoisotopic (exact) mass is 445 g/mol. The van der Waals surface area contributed by atoms with Gasteiger partial charge in [-0.15, -0.1) is 0 Å². The Kier molecular flexibility index (Phi) is 7.45. The van der Waals surface area contributed by atoms with Gasteiger partial charge in [-0.25, -0.2) is 0 Å². The molecule has 0 spiro atoms. The highest BCUT2D eigenvalue weighted by Gasteiger charge is 2.20. The van der Waals surface area contributed by atoms with Gasteiger partial charge < -0.3 is 10.2 Å². The van der Waals surface area contributed by atoms with Crippen molar-refractivity contribution in [3.8, 4) is 0 Å². The van der Waals surface area contributed by atoms with E-state index in [0.29, 0.717) is 28.7 Å². The maximum absolute atomic E-state index is 12.9. The molecule has 2 rings (SSSR count). The molecule has 8 heteroatoms. The van der Waals surface area contributed by atoms with Gasteiger partial charge in [-0.2, -0.15) is 0 Å². The molecule has 7 nitrogen and oxygen atoms in total. The normalized spacial score (nSPS) is 11.0. The van der Waals surface area contributed by atoms with Gasteiger partial charge in [0, 0.05) is 29.7 Å². The third kappa shape index (κ3) is 5.26. The van der Waals surface area contributed by atoms with E-state index >= 15 is 0 Å². The maximum Gasteiger partial charge on any atom is 0.270 e. The van der Waals surface area contributed by atoms with Gasteiger partial charge in [0.2, 0.25) is 0 Å². The van der Waals surface area contributed by atoms with Gasteiger partial charge in [0.1, 0.15) is 5.70 Å². The molecule has 2 aromatic rings. The van der Waals surface area contributed by atoms with E-state index in [1.807, 2.05) is 13.8 Å². The SMILES string of the molecule is CCN(CC)C(=O)C(=Cc1cccc([N+](=O)[O-])c1)NC(=O)c1ccccc1Br. The molecule has 0 fully saturated rings. The van der Waals surface area contributed by atoms with E-state index in [9.17, 15) is 19.7 Å². The number of nitrogens with one attached hydrogen (secondary N) is 1. The van der Waals surface area contributed by atoms with E-state index in [1.54, 1.807) is 35.2 Å². The third-order valence-electron chi connectivity index (χ3n) is 4.04. The molecule has 1 N–H and O–H groups in total. The maximum atomic E-state index is 12.9. The van der Waals surface area contributed by atoms with Gasteiger partial charge >= 0.3 is 0 Å². The number of hydrogen-bond donors (Lipinski definition) is 1. The van der Waals surface area contributed by atoms with Crippen LogP contribution in [0.5, 0.6) is 0 Å². The van der Waals surface area contributed by atoms with Crippen LogP contribution in [0.15, 0.2) is 58.7 Å². The fourth-order valence-corrected chi connectivity index (χ4v) is 3.03. The van der Waals surface area contributed by atoms with Crippen molar-refractivity contribution in [2.45, 2.75) is 13.8 Å². The van der Waals surface area contributed by atoms with E-state index < -0.39 is 10.8 Å². The Morgan fingerprint density at radius 3 is 2.43 bits per heavy atom. The summed E-state index contributed by atoms with van der Waals surface area (Å²) in [6.07, 6.45) is 1.45. The van der Waals surface area contributed by atoms with Crippen LogP contribution in [-0.2, 0) is 4.79 Å². The van der Waals surface area contributed by atoms with E-state index in [4.69, 9.17) is 0 Å². The lowest BCUT2D eigenvalue weighted by molar-refractivity contribution is -0.384. The Morgan fingerprint density at radius 1 is 1.14 bits per heavy atom. The molecular formula is C20H20BrN3O4. The number of nitro benzene ring substituents is 1. The van der Waals surface area contributed by atoms with Crippen LogP contribution in [0, 0.1) is 10.1 Å². The second-order valence-electron chi connectivity index (χ2n) is 5.82. The molecule has 146 valence electrons. The Hall–Kier alpha value is -3.00. The first-order valence-corrected chi connectivity index (χ1v) is 9.48. The zero-order chi connectivity index (χ0) is 20.7. The van der Waals surface area contributed by atoms with Crippen LogP contribution in [0.3, 0.4) is 0 Å². The second-order valence-corrected chi connectivity index (χ2v) is 6.68. The summed E-state index contributed by atoms with van der Waals surface area (Å²) < 4.78 is 0.595. The number of likely N-dealkylation sites (N-methyl/N-ethyl adjacent to an activating group) is 1. The molecule has 0 saturated carbocycles. The summed E-state index contributed by atoms with van der Waals surface area (Å²) in [5, 5.41) is 13.7. The number of halogens is 1. The van der Waals surface area contributed by atoms with Crippen LogP contribution in [0.25, 0.3) is 6.08 Å². The molecule has 0 radical (unpaired) electrons. The number of benzene rings is 2. The van der Waals surface area contributed by atoms with Crippen LogP contribution in [0.4, 0.5) is 5.69 Å². The number of nitrogens with zero attached hydrogens (tertiary/aromatic N) is 2. The fraction of sp³-hybridized carbons (Fsp3) is 0.200. The lowest BCUT2D eigenvalue weighted by Crippen LogP contribution is -2.38. The molecule has 0 aliphatic carbocycles. The number of hydrogen-bond acceptors (Lipinski definition) is 4. The van der Waals surface area contributed by atoms with Crippen molar-refractivity contribution in [2.75, 3.05) is 13.1 Å². The minimum atomic E-state index is -0.511. The van der Waals surface area contributed by atoms with Gasteiger partial charge in [-0.05, 0) is 53.5 Å². The molecule has 0 aliphatic rings. The van der Waals surface area contributed by atoms with E-state index in [-0.39, 0.29) is 17.3 Å².